The molecule has 1 N–H and O–H groups in total. The Labute approximate surface area is 189 Å². The molecule has 1 unspecified atom stereocenters. The normalized spacial score (nSPS) is 17.4. The predicted octanol–water partition coefficient (Wildman–Crippen LogP) is 4.40. The molecule has 2 heterocycles. The predicted molar refractivity (Wildman–Crippen MR) is 123 cm³/mol. The van der Waals surface area contributed by atoms with Crippen molar-refractivity contribution in [2.24, 2.45) is 4.99 Å². The number of likely N-dealkylation sites (N-methyl/N-ethyl adjacent to an activating group) is 1. The molecule has 3 aromatic carbocycles. The number of halogens is 2. The summed E-state index contributed by atoms with van der Waals surface area (Å²) in [6, 6.07) is 16.4. The summed E-state index contributed by atoms with van der Waals surface area (Å²) in [5, 5.41) is 3.44. The summed E-state index contributed by atoms with van der Waals surface area (Å²) in [6.07, 6.45) is 0.647. The number of hydrogen-bond donors (Lipinski definition) is 1. The number of hydrogen-bond acceptors (Lipinski definition) is 3. The molecule has 0 aliphatic carbocycles. The van der Waals surface area contributed by atoms with Gasteiger partial charge < -0.3 is 10.2 Å². The Kier molecular flexibility index (Phi) is 5.02. The Hall–Kier alpha value is -3.51. The van der Waals surface area contributed by atoms with Gasteiger partial charge in [0.2, 0.25) is 11.8 Å². The average molecular weight is 448 g/mol. The first-order chi connectivity index (χ1) is 15.4. The van der Waals surface area contributed by atoms with Crippen LogP contribution in [0.4, 0.5) is 15.8 Å². The Morgan fingerprint density at radius 2 is 1.94 bits per heavy atom. The highest BCUT2D eigenvalue weighted by molar-refractivity contribution is 6.31. The number of carbonyl (C=O) groups is 2. The molecule has 160 valence electrons. The first-order valence-electron chi connectivity index (χ1n) is 10.2. The molecule has 32 heavy (non-hydrogen) atoms. The second kappa shape index (κ2) is 7.88. The quantitative estimate of drug-likeness (QED) is 0.647. The van der Waals surface area contributed by atoms with Crippen LogP contribution in [0.2, 0.25) is 5.02 Å². The van der Waals surface area contributed by atoms with Crippen molar-refractivity contribution in [1.29, 1.82) is 0 Å². The van der Waals surface area contributed by atoms with Crippen molar-refractivity contribution in [3.8, 4) is 0 Å². The number of benzene rings is 3. The highest BCUT2D eigenvalue weighted by Gasteiger charge is 2.29. The van der Waals surface area contributed by atoms with E-state index >= 15 is 0 Å². The first-order valence-corrected chi connectivity index (χ1v) is 10.6. The largest absolute Gasteiger partial charge is 0.324 e. The van der Waals surface area contributed by atoms with Crippen LogP contribution >= 0.6 is 11.6 Å². The molecule has 0 fully saturated rings. The summed E-state index contributed by atoms with van der Waals surface area (Å²) in [7, 11) is 1.73. The summed E-state index contributed by atoms with van der Waals surface area (Å²) in [4.78, 5) is 31.6. The lowest BCUT2D eigenvalue weighted by atomic mass is 9.98. The standard InChI is InChI=1S/C25H19ClFN3O2/c1-30-22-11-16(7-6-15(22)12-23(30)31)24-18-13-17(27)8-9-20(18)29-25(32)21(28-24)10-14-4-2-3-5-19(14)26/h2-9,11,13,21H,10,12H2,1H3,(H,29,32). The fourth-order valence-electron chi connectivity index (χ4n) is 4.15. The van der Waals surface area contributed by atoms with E-state index in [1.807, 2.05) is 36.4 Å². The molecule has 0 saturated carbocycles. The molecule has 2 aliphatic rings. The minimum absolute atomic E-state index is 0.0137. The highest BCUT2D eigenvalue weighted by atomic mass is 35.5. The number of amides is 2. The number of nitrogens with one attached hydrogen (secondary N) is 1. The van der Waals surface area contributed by atoms with Crippen LogP contribution in [0.3, 0.4) is 0 Å². The van der Waals surface area contributed by atoms with Crippen LogP contribution in [0.15, 0.2) is 65.7 Å². The molecule has 0 bridgehead atoms. The van der Waals surface area contributed by atoms with Gasteiger partial charge in [-0.3, -0.25) is 14.6 Å². The second-order valence-corrected chi connectivity index (χ2v) is 8.35. The van der Waals surface area contributed by atoms with E-state index in [4.69, 9.17) is 16.6 Å². The van der Waals surface area contributed by atoms with E-state index in [-0.39, 0.29) is 11.8 Å². The monoisotopic (exact) mass is 447 g/mol. The van der Waals surface area contributed by atoms with E-state index < -0.39 is 11.9 Å². The van der Waals surface area contributed by atoms with Crippen molar-refractivity contribution in [2.75, 3.05) is 17.3 Å². The summed E-state index contributed by atoms with van der Waals surface area (Å²) >= 11 is 6.32. The van der Waals surface area contributed by atoms with Gasteiger partial charge in [-0.25, -0.2) is 4.39 Å². The lowest BCUT2D eigenvalue weighted by Gasteiger charge is -2.15. The van der Waals surface area contributed by atoms with E-state index in [9.17, 15) is 14.0 Å². The Morgan fingerprint density at radius 3 is 2.75 bits per heavy atom. The molecule has 2 aliphatic heterocycles. The molecule has 2 amide bonds. The van der Waals surface area contributed by atoms with Gasteiger partial charge in [0, 0.05) is 35.3 Å². The molecular weight excluding hydrogens is 429 g/mol. The van der Waals surface area contributed by atoms with Crippen molar-refractivity contribution in [3.05, 3.63) is 93.8 Å². The Balaban J connectivity index is 1.65. The van der Waals surface area contributed by atoms with Crippen LogP contribution in [0.25, 0.3) is 0 Å². The van der Waals surface area contributed by atoms with Gasteiger partial charge in [-0.05, 0) is 41.5 Å². The molecule has 0 saturated heterocycles. The zero-order valence-electron chi connectivity index (χ0n) is 17.2. The van der Waals surface area contributed by atoms with Crippen LogP contribution in [0.1, 0.15) is 22.3 Å². The highest BCUT2D eigenvalue weighted by Crippen LogP contribution is 2.32. The lowest BCUT2D eigenvalue weighted by Crippen LogP contribution is -2.27. The third-order valence-electron chi connectivity index (χ3n) is 5.89. The summed E-state index contributed by atoms with van der Waals surface area (Å²) in [6.45, 7) is 0. The fraction of sp³-hybridized carbons (Fsp3) is 0.160. The number of nitrogens with zero attached hydrogens (tertiary/aromatic N) is 2. The maximum absolute atomic E-state index is 14.2. The fourth-order valence-corrected chi connectivity index (χ4v) is 4.36. The Morgan fingerprint density at radius 1 is 1.12 bits per heavy atom. The van der Waals surface area contributed by atoms with E-state index in [2.05, 4.69) is 5.32 Å². The molecule has 1 atom stereocenters. The smallest absolute Gasteiger partial charge is 0.249 e. The van der Waals surface area contributed by atoms with Gasteiger partial charge in [0.25, 0.3) is 0 Å². The zero-order chi connectivity index (χ0) is 22.4. The first kappa shape index (κ1) is 20.4. The van der Waals surface area contributed by atoms with Crippen LogP contribution in [0, 0.1) is 5.82 Å². The SMILES string of the molecule is CN1C(=O)Cc2ccc(C3=NC(Cc4ccccc4Cl)C(=O)Nc4ccc(F)cc43)cc21. The van der Waals surface area contributed by atoms with Gasteiger partial charge in [-0.1, -0.05) is 41.9 Å². The average Bonchev–Trinajstić information content (AvgIpc) is 2.98. The van der Waals surface area contributed by atoms with Crippen molar-refractivity contribution < 1.29 is 14.0 Å². The molecule has 5 nitrogen and oxygen atoms in total. The van der Waals surface area contributed by atoms with Crippen molar-refractivity contribution in [2.45, 2.75) is 18.9 Å². The van der Waals surface area contributed by atoms with E-state index in [0.29, 0.717) is 40.4 Å². The lowest BCUT2D eigenvalue weighted by molar-refractivity contribution is -0.118. The number of benzodiazepines with no additional fused rings is 1. The minimum Gasteiger partial charge on any atom is -0.324 e. The van der Waals surface area contributed by atoms with Crippen LogP contribution in [0.5, 0.6) is 0 Å². The number of aliphatic imine (C=N–C) groups is 1. The molecule has 3 aromatic rings. The summed E-state index contributed by atoms with van der Waals surface area (Å²) < 4.78 is 14.2. The van der Waals surface area contributed by atoms with Gasteiger partial charge in [0.1, 0.15) is 11.9 Å². The van der Waals surface area contributed by atoms with Crippen LogP contribution in [-0.4, -0.2) is 30.6 Å². The van der Waals surface area contributed by atoms with Gasteiger partial charge in [0.05, 0.1) is 17.8 Å². The van der Waals surface area contributed by atoms with Crippen molar-refractivity contribution in [3.63, 3.8) is 0 Å². The van der Waals surface area contributed by atoms with Crippen molar-refractivity contribution >= 4 is 40.5 Å². The third kappa shape index (κ3) is 3.56. The molecule has 0 aromatic heterocycles. The zero-order valence-corrected chi connectivity index (χ0v) is 18.0. The molecule has 7 heteroatoms. The molecular formula is C25H19ClFN3O2. The summed E-state index contributed by atoms with van der Waals surface area (Å²) in [5.74, 6) is -0.704. The molecule has 0 spiro atoms. The molecule has 0 radical (unpaired) electrons. The number of carbonyl (C=O) groups excluding carboxylic acids is 2. The maximum Gasteiger partial charge on any atom is 0.249 e. The minimum atomic E-state index is -0.757. The summed E-state index contributed by atoms with van der Waals surface area (Å²) in [5.41, 5.74) is 4.70. The third-order valence-corrected chi connectivity index (χ3v) is 6.26. The topological polar surface area (TPSA) is 61.8 Å². The molecule has 5 rings (SSSR count). The van der Waals surface area contributed by atoms with Gasteiger partial charge in [0.15, 0.2) is 0 Å². The maximum atomic E-state index is 14.2. The number of rotatable bonds is 3. The second-order valence-electron chi connectivity index (χ2n) is 7.94. The van der Waals surface area contributed by atoms with Gasteiger partial charge in [-0.15, -0.1) is 0 Å². The van der Waals surface area contributed by atoms with E-state index in [0.717, 1.165) is 16.8 Å². The van der Waals surface area contributed by atoms with E-state index in [1.165, 1.54) is 12.1 Å². The van der Waals surface area contributed by atoms with E-state index in [1.54, 1.807) is 24.1 Å². The van der Waals surface area contributed by atoms with Gasteiger partial charge in [-0.2, -0.15) is 0 Å². The number of anilines is 2. The van der Waals surface area contributed by atoms with Crippen LogP contribution in [-0.2, 0) is 22.4 Å². The van der Waals surface area contributed by atoms with Crippen LogP contribution < -0.4 is 10.2 Å². The van der Waals surface area contributed by atoms with Crippen molar-refractivity contribution in [1.82, 2.24) is 0 Å². The number of fused-ring (bicyclic) bond motifs is 2. The van der Waals surface area contributed by atoms with Gasteiger partial charge >= 0.3 is 0 Å². The Bertz CT molecular complexity index is 1300.